The van der Waals surface area contributed by atoms with Gasteiger partial charge in [0, 0.05) is 0 Å². The Hall–Kier alpha value is -0.860. The molecule has 0 atom stereocenters. The van der Waals surface area contributed by atoms with Gasteiger partial charge in [-0.25, -0.2) is 4.79 Å². The fourth-order valence-corrected chi connectivity index (χ4v) is 2.73. The van der Waals surface area contributed by atoms with Crippen molar-refractivity contribution in [3.05, 3.63) is 0 Å². The zero-order valence-corrected chi connectivity index (χ0v) is 8.90. The highest BCUT2D eigenvalue weighted by Crippen LogP contribution is 2.30. The molecule has 0 aromatic heterocycles. The second kappa shape index (κ2) is 3.95. The van der Waals surface area contributed by atoms with Crippen LogP contribution < -0.4 is 5.73 Å². The van der Waals surface area contributed by atoms with E-state index in [2.05, 4.69) is 0 Å². The Labute approximate surface area is 87.7 Å². The molecule has 88 valence electrons. The van der Waals surface area contributed by atoms with Crippen LogP contribution in [0.25, 0.3) is 0 Å². The number of nitrogens with two attached hydrogens (primary N) is 1. The lowest BCUT2D eigenvalue weighted by atomic mass is 9.90. The number of carbonyl (C=O) groups is 1. The van der Waals surface area contributed by atoms with Gasteiger partial charge in [-0.2, -0.15) is 12.7 Å². The molecule has 0 aromatic carbocycles. The van der Waals surface area contributed by atoms with Gasteiger partial charge < -0.3 is 10.8 Å². The highest BCUT2D eigenvalue weighted by molar-refractivity contribution is 7.84. The van der Waals surface area contributed by atoms with Crippen LogP contribution >= 0.6 is 0 Å². The molecule has 8 heteroatoms. The molecule has 0 spiro atoms. The molecule has 0 heterocycles. The van der Waals surface area contributed by atoms with Crippen LogP contribution in [0.5, 0.6) is 0 Å². The Balaban J connectivity index is 3.03. The number of rotatable bonds is 2. The van der Waals surface area contributed by atoms with Crippen molar-refractivity contribution < 1.29 is 22.9 Å². The number of carboxylic acid groups (broad SMARTS) is 1. The summed E-state index contributed by atoms with van der Waals surface area (Å²) in [5, 5.41) is 8.73. The molecule has 0 radical (unpaired) electrons. The maximum Gasteiger partial charge on any atom is 0.424 e. The first-order valence-electron chi connectivity index (χ1n) is 4.57. The third kappa shape index (κ3) is 2.58. The lowest BCUT2D eigenvalue weighted by Gasteiger charge is -2.39. The minimum atomic E-state index is -4.81. The van der Waals surface area contributed by atoms with Gasteiger partial charge in [0.1, 0.15) is 5.66 Å². The first kappa shape index (κ1) is 12.2. The molecule has 7 nitrogen and oxygen atoms in total. The van der Waals surface area contributed by atoms with Crippen LogP contribution in [0.3, 0.4) is 0 Å². The van der Waals surface area contributed by atoms with Gasteiger partial charge in [0.05, 0.1) is 0 Å². The van der Waals surface area contributed by atoms with E-state index >= 15 is 0 Å². The molecule has 0 bridgehead atoms. The molecule has 1 amide bonds. The van der Waals surface area contributed by atoms with Gasteiger partial charge in [-0.3, -0.25) is 4.55 Å². The second-order valence-corrected chi connectivity index (χ2v) is 4.95. The molecule has 1 fully saturated rings. The molecule has 0 saturated heterocycles. The summed E-state index contributed by atoms with van der Waals surface area (Å²) in [5.41, 5.74) is 4.19. The van der Waals surface area contributed by atoms with Gasteiger partial charge in [-0.15, -0.1) is 0 Å². The summed E-state index contributed by atoms with van der Waals surface area (Å²) in [6.45, 7) is 0. The van der Waals surface area contributed by atoms with E-state index in [4.69, 9.17) is 15.4 Å². The number of hydrogen-bond donors (Lipinski definition) is 3. The van der Waals surface area contributed by atoms with E-state index in [1.807, 2.05) is 0 Å². The van der Waals surface area contributed by atoms with Gasteiger partial charge >= 0.3 is 16.4 Å². The van der Waals surface area contributed by atoms with Crippen LogP contribution in [-0.2, 0) is 10.3 Å². The quantitative estimate of drug-likeness (QED) is 0.472. The fourth-order valence-electron chi connectivity index (χ4n) is 1.89. The summed E-state index contributed by atoms with van der Waals surface area (Å²) in [7, 11) is -4.81. The molecular formula is C7H14N2O5S. The predicted octanol–water partition coefficient (Wildman–Crippen LogP) is 0.388. The maximum absolute atomic E-state index is 10.9. The van der Waals surface area contributed by atoms with Crippen LogP contribution in [0, 0.1) is 0 Å². The molecule has 1 rings (SSSR count). The highest BCUT2D eigenvalue weighted by atomic mass is 32.2. The first-order chi connectivity index (χ1) is 6.77. The Kier molecular flexibility index (Phi) is 3.22. The molecule has 1 aliphatic rings. The topological polar surface area (TPSA) is 121 Å². The molecule has 0 aliphatic heterocycles. The van der Waals surface area contributed by atoms with Crippen LogP contribution in [0.4, 0.5) is 4.79 Å². The number of amides is 1. The molecule has 0 aromatic rings. The van der Waals surface area contributed by atoms with Crippen molar-refractivity contribution in [1.82, 2.24) is 4.31 Å². The van der Waals surface area contributed by atoms with E-state index in [1.54, 1.807) is 0 Å². The molecule has 0 unspecified atom stereocenters. The third-order valence-corrected chi connectivity index (χ3v) is 3.51. The molecule has 1 saturated carbocycles. The van der Waals surface area contributed by atoms with Gasteiger partial charge in [0.2, 0.25) is 0 Å². The summed E-state index contributed by atoms with van der Waals surface area (Å²) >= 11 is 0. The van der Waals surface area contributed by atoms with Crippen LogP contribution in [0.2, 0.25) is 0 Å². The summed E-state index contributed by atoms with van der Waals surface area (Å²) in [6, 6.07) is 0. The van der Waals surface area contributed by atoms with E-state index in [9.17, 15) is 13.2 Å². The van der Waals surface area contributed by atoms with E-state index in [-0.39, 0.29) is 17.1 Å². The predicted molar refractivity (Wildman–Crippen MR) is 51.4 cm³/mol. The lowest BCUT2D eigenvalue weighted by molar-refractivity contribution is 0.101. The van der Waals surface area contributed by atoms with Crippen LogP contribution in [0.15, 0.2) is 0 Å². The Bertz CT molecular complexity index is 346. The summed E-state index contributed by atoms with van der Waals surface area (Å²) < 4.78 is 30.6. The Morgan fingerprint density at radius 2 is 1.73 bits per heavy atom. The summed E-state index contributed by atoms with van der Waals surface area (Å²) in [5.74, 6) is 0. The minimum Gasteiger partial charge on any atom is -0.464 e. The average molecular weight is 238 g/mol. The number of nitrogens with zero attached hydrogens (tertiary/aromatic N) is 1. The zero-order valence-electron chi connectivity index (χ0n) is 8.09. The van der Waals surface area contributed by atoms with E-state index in [0.29, 0.717) is 12.8 Å². The standard InChI is InChI=1S/C7H14N2O5S/c8-7(4-2-1-3-5-7)9(6(10)11)15(12,13)14/h1-5,8H2,(H,10,11)(H,12,13,14). The summed E-state index contributed by atoms with van der Waals surface area (Å²) in [6.07, 6.45) is 0.906. The summed E-state index contributed by atoms with van der Waals surface area (Å²) in [4.78, 5) is 10.8. The van der Waals surface area contributed by atoms with E-state index in [0.717, 1.165) is 6.42 Å². The van der Waals surface area contributed by atoms with Gasteiger partial charge in [0.15, 0.2) is 0 Å². The highest BCUT2D eigenvalue weighted by Gasteiger charge is 2.44. The average Bonchev–Trinajstić information content (AvgIpc) is 2.00. The minimum absolute atomic E-state index is 0.0425. The molecule has 15 heavy (non-hydrogen) atoms. The van der Waals surface area contributed by atoms with E-state index in [1.165, 1.54) is 0 Å². The molecule has 1 aliphatic carbocycles. The Morgan fingerprint density at radius 3 is 2.07 bits per heavy atom. The van der Waals surface area contributed by atoms with Crippen molar-refractivity contribution >= 4 is 16.4 Å². The normalized spacial score (nSPS) is 20.9. The molecular weight excluding hydrogens is 224 g/mol. The van der Waals surface area contributed by atoms with Gasteiger partial charge in [0.25, 0.3) is 0 Å². The van der Waals surface area contributed by atoms with Crippen LogP contribution in [-0.4, -0.2) is 34.1 Å². The van der Waals surface area contributed by atoms with Gasteiger partial charge in [-0.05, 0) is 25.7 Å². The van der Waals surface area contributed by atoms with Gasteiger partial charge in [-0.1, -0.05) is 6.42 Å². The Morgan fingerprint density at radius 1 is 1.27 bits per heavy atom. The van der Waals surface area contributed by atoms with Crippen molar-refractivity contribution in [2.45, 2.75) is 37.8 Å². The van der Waals surface area contributed by atoms with Crippen molar-refractivity contribution in [2.24, 2.45) is 5.73 Å². The monoisotopic (exact) mass is 238 g/mol. The largest absolute Gasteiger partial charge is 0.464 e. The SMILES string of the molecule is NC1(N(C(=O)O)S(=O)(=O)O)CCCCC1. The maximum atomic E-state index is 10.9. The van der Waals surface area contributed by atoms with E-state index < -0.39 is 22.1 Å². The second-order valence-electron chi connectivity index (χ2n) is 3.69. The lowest BCUT2D eigenvalue weighted by Crippen LogP contribution is -2.60. The first-order valence-corrected chi connectivity index (χ1v) is 5.97. The third-order valence-electron chi connectivity index (χ3n) is 2.53. The number of hydrogen-bond acceptors (Lipinski definition) is 4. The van der Waals surface area contributed by atoms with Crippen LogP contribution in [0.1, 0.15) is 32.1 Å². The van der Waals surface area contributed by atoms with Crippen molar-refractivity contribution in [3.8, 4) is 0 Å². The molecule has 4 N–H and O–H groups in total. The van der Waals surface area contributed by atoms with Crippen molar-refractivity contribution in [2.75, 3.05) is 0 Å². The smallest absolute Gasteiger partial charge is 0.424 e. The van der Waals surface area contributed by atoms with Crippen molar-refractivity contribution in [3.63, 3.8) is 0 Å². The fraction of sp³-hybridized carbons (Fsp3) is 0.857. The van der Waals surface area contributed by atoms with Crippen molar-refractivity contribution in [1.29, 1.82) is 0 Å². The zero-order chi connectivity index (χ0) is 11.7.